The number of likely N-dealkylation sites (N-methyl/N-ethyl adjacent to an activating group) is 1. The van der Waals surface area contributed by atoms with Crippen LogP contribution in [0.1, 0.15) is 22.9 Å². The molecule has 1 atom stereocenters. The fraction of sp³-hybridized carbons (Fsp3) is 0.222. The largest absolute Gasteiger partial charge is 0.456 e. The summed E-state index contributed by atoms with van der Waals surface area (Å²) >= 11 is 0. The Kier molecular flexibility index (Phi) is 3.76. The van der Waals surface area contributed by atoms with E-state index in [9.17, 15) is 4.39 Å². The van der Waals surface area contributed by atoms with Crippen molar-refractivity contribution in [2.75, 3.05) is 7.05 Å². The number of furan rings is 1. The second kappa shape index (κ2) is 5.70. The fourth-order valence-corrected chi connectivity index (χ4v) is 2.62. The fourth-order valence-electron chi connectivity index (χ4n) is 2.62. The van der Waals surface area contributed by atoms with Crippen LogP contribution in [0.3, 0.4) is 0 Å². The molecule has 0 aliphatic carbocycles. The van der Waals surface area contributed by atoms with Gasteiger partial charge < -0.3 is 9.73 Å². The molecule has 1 aromatic heterocycles. The summed E-state index contributed by atoms with van der Waals surface area (Å²) < 4.78 is 19.5. The lowest BCUT2D eigenvalue weighted by molar-refractivity contribution is 0.441. The zero-order valence-corrected chi connectivity index (χ0v) is 12.2. The smallest absolute Gasteiger partial charge is 0.169 e. The Balaban J connectivity index is 1.95. The average Bonchev–Trinajstić information content (AvgIpc) is 2.92. The number of rotatable bonds is 4. The summed E-state index contributed by atoms with van der Waals surface area (Å²) in [6.07, 6.45) is 0.810. The van der Waals surface area contributed by atoms with Gasteiger partial charge in [0.25, 0.3) is 0 Å². The van der Waals surface area contributed by atoms with Crippen LogP contribution in [0.15, 0.2) is 52.9 Å². The number of hydrogen-bond donors (Lipinski definition) is 1. The Morgan fingerprint density at radius 1 is 1.14 bits per heavy atom. The summed E-state index contributed by atoms with van der Waals surface area (Å²) in [4.78, 5) is 0. The first-order chi connectivity index (χ1) is 10.2. The van der Waals surface area contributed by atoms with Gasteiger partial charge in [-0.25, -0.2) is 4.39 Å². The second-order valence-corrected chi connectivity index (χ2v) is 5.28. The number of fused-ring (bicyclic) bond motifs is 1. The van der Waals surface area contributed by atoms with Crippen LogP contribution in [0.5, 0.6) is 0 Å². The van der Waals surface area contributed by atoms with Gasteiger partial charge in [-0.05, 0) is 43.7 Å². The first-order valence-corrected chi connectivity index (χ1v) is 7.09. The van der Waals surface area contributed by atoms with E-state index < -0.39 is 0 Å². The van der Waals surface area contributed by atoms with E-state index in [4.69, 9.17) is 4.42 Å². The molecule has 2 aromatic carbocycles. The lowest BCUT2D eigenvalue weighted by Crippen LogP contribution is -2.18. The Morgan fingerprint density at radius 2 is 1.95 bits per heavy atom. The highest BCUT2D eigenvalue weighted by atomic mass is 19.1. The third kappa shape index (κ3) is 2.69. The van der Waals surface area contributed by atoms with E-state index in [2.05, 4.69) is 24.4 Å². The normalized spacial score (nSPS) is 12.7. The van der Waals surface area contributed by atoms with Crippen molar-refractivity contribution in [3.8, 4) is 0 Å². The maximum atomic E-state index is 13.7. The van der Waals surface area contributed by atoms with E-state index in [1.54, 1.807) is 6.07 Å². The van der Waals surface area contributed by atoms with Gasteiger partial charge in [0, 0.05) is 5.39 Å². The molecule has 0 bridgehead atoms. The molecular weight excluding hydrogens is 265 g/mol. The van der Waals surface area contributed by atoms with Crippen molar-refractivity contribution in [2.24, 2.45) is 0 Å². The maximum absolute atomic E-state index is 13.7. The van der Waals surface area contributed by atoms with Gasteiger partial charge in [-0.2, -0.15) is 0 Å². The van der Waals surface area contributed by atoms with Crippen LogP contribution in [-0.4, -0.2) is 7.05 Å². The average molecular weight is 283 g/mol. The number of halogens is 1. The van der Waals surface area contributed by atoms with E-state index in [1.165, 1.54) is 17.2 Å². The molecule has 0 radical (unpaired) electrons. The van der Waals surface area contributed by atoms with E-state index in [-0.39, 0.29) is 11.9 Å². The van der Waals surface area contributed by atoms with Crippen LogP contribution in [0.2, 0.25) is 0 Å². The predicted molar refractivity (Wildman–Crippen MR) is 82.9 cm³/mol. The third-order valence-electron chi connectivity index (χ3n) is 3.89. The van der Waals surface area contributed by atoms with Gasteiger partial charge in [-0.3, -0.25) is 0 Å². The van der Waals surface area contributed by atoms with Gasteiger partial charge in [0.05, 0.1) is 6.04 Å². The molecule has 0 spiro atoms. The topological polar surface area (TPSA) is 25.2 Å². The lowest BCUT2D eigenvalue weighted by atomic mass is 10.00. The van der Waals surface area contributed by atoms with E-state index in [0.717, 1.165) is 17.6 Å². The Morgan fingerprint density at radius 3 is 2.67 bits per heavy atom. The summed E-state index contributed by atoms with van der Waals surface area (Å²) in [5.41, 5.74) is 2.84. The van der Waals surface area contributed by atoms with Crippen molar-refractivity contribution in [3.05, 3.63) is 71.2 Å². The number of para-hydroxylation sites is 1. The predicted octanol–water partition coefficient (Wildman–Crippen LogP) is 4.38. The molecule has 108 valence electrons. The Bertz CT molecular complexity index is 763. The minimum Gasteiger partial charge on any atom is -0.456 e. The highest BCUT2D eigenvalue weighted by molar-refractivity contribution is 5.78. The molecule has 3 rings (SSSR count). The van der Waals surface area contributed by atoms with Crippen LogP contribution >= 0.6 is 0 Å². The van der Waals surface area contributed by atoms with Crippen molar-refractivity contribution in [2.45, 2.75) is 19.4 Å². The molecule has 1 N–H and O–H groups in total. The standard InChI is InChI=1S/C18H18FNO/c1-12-6-3-4-7-13(12)10-16(20-2)17-11-14-8-5-9-15(19)18(14)21-17/h3-9,11,16,20H,10H2,1-2H3. The van der Waals surface area contributed by atoms with Gasteiger partial charge >= 0.3 is 0 Å². The third-order valence-corrected chi connectivity index (χ3v) is 3.89. The van der Waals surface area contributed by atoms with E-state index in [0.29, 0.717) is 5.58 Å². The first kappa shape index (κ1) is 13.8. The van der Waals surface area contributed by atoms with Crippen molar-refractivity contribution in [1.29, 1.82) is 0 Å². The van der Waals surface area contributed by atoms with Gasteiger partial charge in [-0.1, -0.05) is 36.4 Å². The van der Waals surface area contributed by atoms with Crippen molar-refractivity contribution in [3.63, 3.8) is 0 Å². The van der Waals surface area contributed by atoms with Crippen LogP contribution in [0.25, 0.3) is 11.0 Å². The SMILES string of the molecule is CNC(Cc1ccccc1C)c1cc2cccc(F)c2o1. The van der Waals surface area contributed by atoms with Crippen LogP contribution in [0, 0.1) is 12.7 Å². The summed E-state index contributed by atoms with van der Waals surface area (Å²) in [7, 11) is 1.90. The number of nitrogens with one attached hydrogen (secondary N) is 1. The Hall–Kier alpha value is -2.13. The van der Waals surface area contributed by atoms with Crippen LogP contribution in [0.4, 0.5) is 4.39 Å². The molecule has 3 aromatic rings. The molecule has 0 fully saturated rings. The molecule has 2 nitrogen and oxygen atoms in total. The molecule has 0 aliphatic rings. The molecule has 0 saturated carbocycles. The zero-order valence-electron chi connectivity index (χ0n) is 12.2. The molecule has 21 heavy (non-hydrogen) atoms. The number of aryl methyl sites for hydroxylation is 1. The molecule has 0 saturated heterocycles. The molecule has 0 amide bonds. The zero-order chi connectivity index (χ0) is 14.8. The highest BCUT2D eigenvalue weighted by Crippen LogP contribution is 2.28. The number of benzene rings is 2. The quantitative estimate of drug-likeness (QED) is 0.768. The first-order valence-electron chi connectivity index (χ1n) is 7.09. The van der Waals surface area contributed by atoms with Crippen LogP contribution in [-0.2, 0) is 6.42 Å². The van der Waals surface area contributed by atoms with Gasteiger partial charge in [-0.15, -0.1) is 0 Å². The van der Waals surface area contributed by atoms with Crippen molar-refractivity contribution in [1.82, 2.24) is 5.32 Å². The molecule has 1 heterocycles. The lowest BCUT2D eigenvalue weighted by Gasteiger charge is -2.15. The Labute approximate surface area is 123 Å². The molecule has 3 heteroatoms. The molecule has 0 aliphatic heterocycles. The summed E-state index contributed by atoms with van der Waals surface area (Å²) in [6.45, 7) is 2.10. The van der Waals surface area contributed by atoms with Gasteiger partial charge in [0.1, 0.15) is 5.76 Å². The summed E-state index contributed by atoms with van der Waals surface area (Å²) in [5, 5.41) is 4.06. The molecular formula is C18H18FNO. The minimum atomic E-state index is -0.315. The van der Waals surface area contributed by atoms with Gasteiger partial charge in [0.15, 0.2) is 11.4 Å². The van der Waals surface area contributed by atoms with E-state index >= 15 is 0 Å². The minimum absolute atomic E-state index is 0.0258. The summed E-state index contributed by atoms with van der Waals surface area (Å²) in [6, 6.07) is 15.2. The van der Waals surface area contributed by atoms with Crippen molar-refractivity contribution >= 4 is 11.0 Å². The maximum Gasteiger partial charge on any atom is 0.169 e. The second-order valence-electron chi connectivity index (χ2n) is 5.28. The van der Waals surface area contributed by atoms with E-state index in [1.807, 2.05) is 31.3 Å². The summed E-state index contributed by atoms with van der Waals surface area (Å²) in [5.74, 6) is 0.449. The number of hydrogen-bond acceptors (Lipinski definition) is 2. The van der Waals surface area contributed by atoms with Crippen molar-refractivity contribution < 1.29 is 8.81 Å². The highest BCUT2D eigenvalue weighted by Gasteiger charge is 2.17. The van der Waals surface area contributed by atoms with Crippen LogP contribution < -0.4 is 5.32 Å². The van der Waals surface area contributed by atoms with Gasteiger partial charge in [0.2, 0.25) is 0 Å². The monoisotopic (exact) mass is 283 g/mol. The molecule has 1 unspecified atom stereocenters.